The molecule has 1 aliphatic rings. The minimum absolute atomic E-state index is 0.179. The highest BCUT2D eigenvalue weighted by Crippen LogP contribution is 2.22. The molecule has 2 heterocycles. The number of carbonyl (C=O) groups excluding carboxylic acids is 3. The Hall–Kier alpha value is -3.03. The fourth-order valence-electron chi connectivity index (χ4n) is 2.00. The maximum absolute atomic E-state index is 12.0. The molecule has 2 aromatic rings. The first kappa shape index (κ1) is 13.0. The Bertz CT molecular complexity index is 717. The summed E-state index contributed by atoms with van der Waals surface area (Å²) in [6.07, 6.45) is 1.23. The van der Waals surface area contributed by atoms with E-state index in [0.717, 1.165) is 0 Å². The fraction of sp³-hybridized carbons (Fsp3) is 0.154. The molecule has 0 N–H and O–H groups in total. The van der Waals surface area contributed by atoms with Crippen LogP contribution in [-0.4, -0.2) is 37.8 Å². The molecule has 0 fully saturated rings. The van der Waals surface area contributed by atoms with Crippen molar-refractivity contribution < 1.29 is 19.2 Å². The number of benzene rings is 1. The third-order valence-corrected chi connectivity index (χ3v) is 2.92. The lowest BCUT2D eigenvalue weighted by Crippen LogP contribution is -2.33. The molecule has 106 valence electrons. The smallest absolute Gasteiger partial charge is 0.329 e. The number of hydrogen-bond donors (Lipinski definition) is 0. The third kappa shape index (κ3) is 2.27. The monoisotopic (exact) mass is 286 g/mol. The molecular formula is C13H10N4O4. The van der Waals surface area contributed by atoms with Crippen molar-refractivity contribution in [2.45, 2.75) is 6.42 Å². The number of imide groups is 1. The number of amides is 2. The predicted molar refractivity (Wildman–Crippen MR) is 67.7 cm³/mol. The van der Waals surface area contributed by atoms with Crippen molar-refractivity contribution in [3.05, 3.63) is 47.3 Å². The van der Waals surface area contributed by atoms with Crippen LogP contribution in [0.25, 0.3) is 0 Å². The largest absolute Gasteiger partial charge is 0.339 e. The summed E-state index contributed by atoms with van der Waals surface area (Å²) in [6, 6.07) is 6.28. The average molecular weight is 286 g/mol. The van der Waals surface area contributed by atoms with Crippen LogP contribution in [0.2, 0.25) is 0 Å². The van der Waals surface area contributed by atoms with Gasteiger partial charge >= 0.3 is 5.97 Å². The van der Waals surface area contributed by atoms with Gasteiger partial charge in [-0.25, -0.2) is 4.79 Å². The molecule has 2 amide bonds. The van der Waals surface area contributed by atoms with Crippen LogP contribution in [0, 0.1) is 0 Å². The minimum atomic E-state index is -0.759. The molecule has 0 saturated heterocycles. The van der Waals surface area contributed by atoms with Crippen molar-refractivity contribution in [3.8, 4) is 0 Å². The molecule has 1 aromatic heterocycles. The molecule has 0 spiro atoms. The van der Waals surface area contributed by atoms with Gasteiger partial charge in [0.2, 0.25) is 0 Å². The standard InChI is InChI=1S/C13H10N4O4/c1-16-14-7-8(15-16)6-11(18)21-17-12(19)9-4-2-3-5-10(9)13(17)20/h2-5,7H,6H2,1H3. The molecule has 0 radical (unpaired) electrons. The Morgan fingerprint density at radius 3 is 2.33 bits per heavy atom. The van der Waals surface area contributed by atoms with Gasteiger partial charge in [0.1, 0.15) is 0 Å². The SMILES string of the molecule is Cn1ncc(CC(=O)ON2C(=O)c3ccccc3C2=O)n1. The van der Waals surface area contributed by atoms with Crippen LogP contribution in [0.1, 0.15) is 26.4 Å². The lowest BCUT2D eigenvalue weighted by atomic mass is 10.1. The van der Waals surface area contributed by atoms with E-state index in [1.165, 1.54) is 23.1 Å². The summed E-state index contributed by atoms with van der Waals surface area (Å²) in [4.78, 5) is 41.9. The molecule has 8 nitrogen and oxygen atoms in total. The van der Waals surface area contributed by atoms with E-state index in [-0.39, 0.29) is 17.5 Å². The first-order valence-electron chi connectivity index (χ1n) is 6.10. The number of rotatable bonds is 3. The predicted octanol–water partition coefficient (Wildman–Crippen LogP) is 0.112. The molecule has 21 heavy (non-hydrogen) atoms. The number of hydrogen-bond acceptors (Lipinski definition) is 6. The van der Waals surface area contributed by atoms with Crippen LogP contribution in [0.5, 0.6) is 0 Å². The first-order chi connectivity index (χ1) is 10.1. The quantitative estimate of drug-likeness (QED) is 0.743. The average Bonchev–Trinajstić information content (AvgIpc) is 2.97. The van der Waals surface area contributed by atoms with Crippen molar-refractivity contribution in [2.24, 2.45) is 7.05 Å². The summed E-state index contributed by atoms with van der Waals surface area (Å²) >= 11 is 0. The fourth-order valence-corrected chi connectivity index (χ4v) is 2.00. The van der Waals surface area contributed by atoms with Gasteiger partial charge in [0.15, 0.2) is 0 Å². The zero-order valence-corrected chi connectivity index (χ0v) is 11.0. The van der Waals surface area contributed by atoms with Gasteiger partial charge < -0.3 is 4.84 Å². The van der Waals surface area contributed by atoms with Gasteiger partial charge in [-0.15, -0.1) is 0 Å². The van der Waals surface area contributed by atoms with E-state index < -0.39 is 17.8 Å². The van der Waals surface area contributed by atoms with Gasteiger partial charge in [0.25, 0.3) is 11.8 Å². The van der Waals surface area contributed by atoms with Crippen molar-refractivity contribution in [2.75, 3.05) is 0 Å². The second-order valence-electron chi connectivity index (χ2n) is 4.42. The van der Waals surface area contributed by atoms with Crippen LogP contribution in [0.15, 0.2) is 30.5 Å². The van der Waals surface area contributed by atoms with Crippen molar-refractivity contribution in [3.63, 3.8) is 0 Å². The second-order valence-corrected chi connectivity index (χ2v) is 4.42. The van der Waals surface area contributed by atoms with Crippen LogP contribution in [0.3, 0.4) is 0 Å². The van der Waals surface area contributed by atoms with Gasteiger partial charge in [-0.2, -0.15) is 15.0 Å². The lowest BCUT2D eigenvalue weighted by Gasteiger charge is -2.11. The summed E-state index contributed by atoms with van der Waals surface area (Å²) < 4.78 is 0. The number of carbonyl (C=O) groups is 3. The Morgan fingerprint density at radius 2 is 1.81 bits per heavy atom. The lowest BCUT2D eigenvalue weighted by molar-refractivity contribution is -0.167. The van der Waals surface area contributed by atoms with Gasteiger partial charge in [-0.3, -0.25) is 9.59 Å². The minimum Gasteiger partial charge on any atom is -0.329 e. The molecule has 1 aromatic carbocycles. The van der Waals surface area contributed by atoms with E-state index in [4.69, 9.17) is 4.84 Å². The highest BCUT2D eigenvalue weighted by molar-refractivity contribution is 6.20. The van der Waals surface area contributed by atoms with Crippen LogP contribution in [-0.2, 0) is 23.1 Å². The Kier molecular flexibility index (Phi) is 2.98. The maximum atomic E-state index is 12.0. The van der Waals surface area contributed by atoms with Crippen molar-refractivity contribution >= 4 is 17.8 Å². The molecule has 1 aliphatic heterocycles. The zero-order valence-electron chi connectivity index (χ0n) is 11.0. The molecule has 0 aliphatic carbocycles. The van der Waals surface area contributed by atoms with Gasteiger partial charge in [0, 0.05) is 7.05 Å². The number of aromatic nitrogens is 3. The summed E-state index contributed by atoms with van der Waals surface area (Å²) in [5.74, 6) is -2.06. The Balaban J connectivity index is 1.73. The van der Waals surface area contributed by atoms with Gasteiger partial charge in [-0.05, 0) is 12.1 Å². The van der Waals surface area contributed by atoms with Crippen LogP contribution < -0.4 is 0 Å². The second kappa shape index (κ2) is 4.82. The molecule has 0 bridgehead atoms. The van der Waals surface area contributed by atoms with Gasteiger partial charge in [-0.1, -0.05) is 17.2 Å². The number of fused-ring (bicyclic) bond motifs is 1. The Morgan fingerprint density at radius 1 is 1.19 bits per heavy atom. The van der Waals surface area contributed by atoms with Crippen molar-refractivity contribution in [1.29, 1.82) is 0 Å². The summed E-state index contributed by atoms with van der Waals surface area (Å²) in [7, 11) is 1.61. The third-order valence-electron chi connectivity index (χ3n) is 2.92. The number of hydroxylamine groups is 2. The number of aryl methyl sites for hydroxylation is 1. The van der Waals surface area contributed by atoms with E-state index in [1.54, 1.807) is 19.2 Å². The van der Waals surface area contributed by atoms with Crippen LogP contribution >= 0.6 is 0 Å². The number of nitrogens with zero attached hydrogens (tertiary/aromatic N) is 4. The maximum Gasteiger partial charge on any atom is 0.339 e. The summed E-state index contributed by atoms with van der Waals surface area (Å²) in [6.45, 7) is 0. The van der Waals surface area contributed by atoms with Crippen molar-refractivity contribution in [1.82, 2.24) is 20.1 Å². The summed E-state index contributed by atoms with van der Waals surface area (Å²) in [5.41, 5.74) is 0.823. The van der Waals surface area contributed by atoms with E-state index >= 15 is 0 Å². The Labute approximate surface area is 118 Å². The molecule has 0 atom stereocenters. The van der Waals surface area contributed by atoms with E-state index in [2.05, 4.69) is 10.2 Å². The molecule has 8 heteroatoms. The molecular weight excluding hydrogens is 276 g/mol. The first-order valence-corrected chi connectivity index (χ1v) is 6.10. The molecule has 3 rings (SSSR count). The van der Waals surface area contributed by atoms with Gasteiger partial charge in [0.05, 0.1) is 29.4 Å². The topological polar surface area (TPSA) is 94.4 Å². The van der Waals surface area contributed by atoms with E-state index in [1.807, 2.05) is 0 Å². The summed E-state index contributed by atoms with van der Waals surface area (Å²) in [5, 5.41) is 8.21. The highest BCUT2D eigenvalue weighted by atomic mass is 16.7. The zero-order chi connectivity index (χ0) is 15.0. The van der Waals surface area contributed by atoms with E-state index in [0.29, 0.717) is 10.8 Å². The highest BCUT2D eigenvalue weighted by Gasteiger charge is 2.38. The van der Waals surface area contributed by atoms with E-state index in [9.17, 15) is 14.4 Å². The molecule has 0 saturated carbocycles. The molecule has 0 unspecified atom stereocenters. The van der Waals surface area contributed by atoms with Crippen LogP contribution in [0.4, 0.5) is 0 Å². The normalized spacial score (nSPS) is 13.5.